The number of ether oxygens (including phenoxy) is 24. The molecule has 4 aromatic rings. The van der Waals surface area contributed by atoms with Crippen molar-refractivity contribution in [1.82, 2.24) is 0 Å². The Hall–Kier alpha value is -11.2. The molecule has 9 rings (SSSR count). The Kier molecular flexibility index (Phi) is 44.4. The zero-order valence-electron chi connectivity index (χ0n) is 80.6. The van der Waals surface area contributed by atoms with E-state index in [1.54, 1.807) is 0 Å². The molecular weight excluding hydrogens is 1920 g/mol. The molecule has 0 aromatic heterocycles. The lowest BCUT2D eigenvalue weighted by Gasteiger charge is -2.44. The van der Waals surface area contributed by atoms with E-state index < -0.39 is 241 Å². The molecule has 0 radical (unpaired) electrons. The number of esters is 16. The van der Waals surface area contributed by atoms with E-state index in [9.17, 15) is 76.7 Å². The highest BCUT2D eigenvalue weighted by Gasteiger charge is 2.57. The van der Waals surface area contributed by atoms with Gasteiger partial charge in [0.05, 0.1) is 26.4 Å². The van der Waals surface area contributed by atoms with Crippen molar-refractivity contribution in [2.45, 2.75) is 282 Å². The van der Waals surface area contributed by atoms with Crippen LogP contribution in [0.5, 0.6) is 23.0 Å². The van der Waals surface area contributed by atoms with Crippen molar-refractivity contribution in [2.75, 3.05) is 75.9 Å². The minimum Gasteiger partial charge on any atom is -0.493 e. The molecule has 0 amide bonds. The van der Waals surface area contributed by atoms with E-state index in [1.165, 1.54) is 74.7 Å². The van der Waals surface area contributed by atoms with Gasteiger partial charge in [0.25, 0.3) is 0 Å². The van der Waals surface area contributed by atoms with Gasteiger partial charge in [0.2, 0.25) is 0 Å². The van der Waals surface area contributed by atoms with E-state index in [2.05, 4.69) is 0 Å². The van der Waals surface area contributed by atoms with Crippen LogP contribution >= 0.6 is 47.0 Å². The molecule has 4 aromatic carbocycles. The summed E-state index contributed by atoms with van der Waals surface area (Å²) >= 11 is 4.67. The van der Waals surface area contributed by atoms with Crippen LogP contribution in [0, 0.1) is 0 Å². The van der Waals surface area contributed by atoms with Crippen LogP contribution in [0.4, 0.5) is 0 Å². The number of carbonyl (C=O) groups is 16. The van der Waals surface area contributed by atoms with E-state index >= 15 is 0 Å². The van der Waals surface area contributed by atoms with E-state index in [0.717, 1.165) is 83.1 Å². The second-order valence-electron chi connectivity index (χ2n) is 32.9. The van der Waals surface area contributed by atoms with Crippen LogP contribution in [0.15, 0.2) is 72.8 Å². The van der Waals surface area contributed by atoms with Gasteiger partial charge in [-0.15, -0.1) is 47.0 Å². The molecule has 8 bridgehead atoms. The van der Waals surface area contributed by atoms with Crippen LogP contribution < -0.4 is 18.9 Å². The molecule has 0 saturated carbocycles. The van der Waals surface area contributed by atoms with Crippen molar-refractivity contribution < 1.29 is 190 Å². The van der Waals surface area contributed by atoms with Crippen LogP contribution in [0.1, 0.15) is 181 Å². The van der Waals surface area contributed by atoms with E-state index in [-0.39, 0.29) is 101 Å². The Bertz CT molecular complexity index is 4320. The number of benzene rings is 4. The summed E-state index contributed by atoms with van der Waals surface area (Å²) < 4.78 is 144. The Balaban J connectivity index is 1.13. The highest BCUT2D eigenvalue weighted by atomic mass is 32.2. The molecule has 0 unspecified atom stereocenters. The third kappa shape index (κ3) is 34.6. The average Bonchev–Trinajstić information content (AvgIpc) is 0.805. The van der Waals surface area contributed by atoms with Gasteiger partial charge in [-0.05, 0) is 93.2 Å². The summed E-state index contributed by atoms with van der Waals surface area (Å²) in [5.74, 6) is -9.54. The highest BCUT2D eigenvalue weighted by molar-refractivity contribution is 8.00. The molecular formula is C96H120O40S4. The fourth-order valence-corrected chi connectivity index (χ4v) is 20.8. The molecule has 4 aliphatic heterocycles. The molecule has 0 spiro atoms. The van der Waals surface area contributed by atoms with Crippen LogP contribution in [0.25, 0.3) is 0 Å². The third-order valence-corrected chi connectivity index (χ3v) is 26.2. The molecule has 44 heteroatoms. The van der Waals surface area contributed by atoms with Crippen molar-refractivity contribution in [1.29, 1.82) is 0 Å². The fraction of sp³-hybridized carbons (Fsp3) is 0.583. The topological polar surface area (TPSA) is 495 Å². The number of hydrogen-bond acceptors (Lipinski definition) is 44. The number of carbonyl (C=O) groups excluding carboxylic acids is 16. The molecule has 40 nitrogen and oxygen atoms in total. The summed E-state index contributed by atoms with van der Waals surface area (Å²) in [6.07, 6.45) is -19.8. The predicted octanol–water partition coefficient (Wildman–Crippen LogP) is 8.70. The normalized spacial score (nSPS) is 24.5. The van der Waals surface area contributed by atoms with Gasteiger partial charge < -0.3 is 114 Å². The van der Waals surface area contributed by atoms with Gasteiger partial charge in [-0.3, -0.25) is 76.7 Å². The molecule has 5 aliphatic rings. The Labute approximate surface area is 826 Å². The Morgan fingerprint density at radius 1 is 0.221 bits per heavy atom. The second kappa shape index (κ2) is 55.3. The smallest absolute Gasteiger partial charge is 0.303 e. The van der Waals surface area contributed by atoms with Crippen LogP contribution in [0.3, 0.4) is 0 Å². The zero-order chi connectivity index (χ0) is 102. The van der Waals surface area contributed by atoms with E-state index in [1.807, 2.05) is 72.8 Å². The minimum absolute atomic E-state index is 0.0233. The number of para-hydroxylation sites is 4. The average molecular weight is 2040 g/mol. The van der Waals surface area contributed by atoms with Crippen molar-refractivity contribution in [3.05, 3.63) is 117 Å². The molecule has 4 heterocycles. The van der Waals surface area contributed by atoms with Gasteiger partial charge in [-0.2, -0.15) is 0 Å². The van der Waals surface area contributed by atoms with Gasteiger partial charge >= 0.3 is 95.5 Å². The number of hydrogen-bond donors (Lipinski definition) is 0. The van der Waals surface area contributed by atoms with E-state index in [0.29, 0.717) is 67.5 Å². The van der Waals surface area contributed by atoms with Gasteiger partial charge in [-0.1, -0.05) is 72.8 Å². The van der Waals surface area contributed by atoms with Crippen molar-refractivity contribution >= 4 is 143 Å². The molecule has 20 atom stereocenters. The molecule has 1 aliphatic carbocycles. The predicted molar refractivity (Wildman–Crippen MR) is 495 cm³/mol. The Morgan fingerprint density at radius 3 is 0.521 bits per heavy atom. The Morgan fingerprint density at radius 2 is 0.371 bits per heavy atom. The summed E-state index contributed by atoms with van der Waals surface area (Å²) in [4.78, 5) is 203. The van der Waals surface area contributed by atoms with Crippen LogP contribution in [-0.2, 0) is 197 Å². The number of rotatable bonds is 44. The maximum absolute atomic E-state index is 12.9. The monoisotopic (exact) mass is 2040 g/mol. The maximum Gasteiger partial charge on any atom is 0.303 e. The first-order valence-electron chi connectivity index (χ1n) is 45.2. The van der Waals surface area contributed by atoms with Gasteiger partial charge in [0.15, 0.2) is 73.2 Å². The first-order chi connectivity index (χ1) is 66.6. The van der Waals surface area contributed by atoms with Crippen molar-refractivity contribution in [2.24, 2.45) is 0 Å². The summed E-state index contributed by atoms with van der Waals surface area (Å²) in [6, 6.07) is 22.9. The van der Waals surface area contributed by atoms with Crippen molar-refractivity contribution in [3.8, 4) is 23.0 Å². The third-order valence-electron chi connectivity index (χ3n) is 21.3. The fourth-order valence-electron chi connectivity index (χ4n) is 16.3. The first kappa shape index (κ1) is 112. The zero-order valence-corrected chi connectivity index (χ0v) is 83.8. The molecule has 4 fully saturated rings. The quantitative estimate of drug-likeness (QED) is 0.0200. The van der Waals surface area contributed by atoms with E-state index in [4.69, 9.17) is 114 Å². The van der Waals surface area contributed by atoms with Crippen molar-refractivity contribution in [3.63, 3.8) is 0 Å². The van der Waals surface area contributed by atoms with Crippen LogP contribution in [-0.4, -0.2) is 291 Å². The van der Waals surface area contributed by atoms with Gasteiger partial charge in [0, 0.05) is 136 Å². The minimum atomic E-state index is -1.42. The number of thioether (sulfide) groups is 4. The second-order valence-corrected chi connectivity index (χ2v) is 37.7. The van der Waals surface area contributed by atoms with Gasteiger partial charge in [0.1, 0.15) is 95.6 Å². The standard InChI is InChI=1S/C96H120O40S4/c1-49(97)117-45-73-81(121-53(5)101)85(125-57(9)105)89(129-61(13)109)93(133-73)137-37-21-33-113-77-65-25-17-26-66(77)42-68-28-19-30-70(79(68)115-35-23-39-139-95-91(131-63(15)111)87(127-59(11)107)83(123-55(7)103)75(135-95)47-119-51(3)99)44-72-32-20-31-71(80(72)116-36-24-40-140-96-92(132-64(16)112)88(128-60(12)108)84(124-56(8)104)76(136-96)48-120-52(4)100)43-69-29-18-27-67(41-65)78(69)114-34-22-38-138-94-90(130-62(14)110)86(126-58(10)106)82(122-54(6)102)74(134-94)46-118-50(2)98/h17-20,25-32,73-76,81-96H,21-24,33-48H2,1-16H3/t73-,74-,75-,76-,81-,82-,83-,84-,85+,86+,87+,88+,89-,90-,91-,92-,93+,94+,95+,96+/m1/s1. The molecule has 768 valence electrons. The van der Waals surface area contributed by atoms with Gasteiger partial charge in [-0.25, -0.2) is 0 Å². The lowest BCUT2D eigenvalue weighted by atomic mass is 9.91. The SMILES string of the molecule is CC(=O)OC[C@H]1O[C@@H](SCCCOc2c3cccc2Cc2cccc(c2OCCCS[C@@H]2O[C@H](COC(C)=O)[C@@H](OC(C)=O)[C@H](OC(C)=O)[C@H]2OC(C)=O)Cc2cccc(c2OCCCS[C@@H]2O[C@H](COC(C)=O)[C@@H](OC(C)=O)[C@H](OC(C)=O)[C@H]2OC(C)=O)Cc2cccc(c2OCCCS[C@@H]2O[C@H](COC(C)=O)[C@@H](OC(C)=O)[C@H](OC(C)=O)[C@H]2OC(C)=O)C3)[C@H](OC(C)=O)[C@@H](OC(C)=O)[C@@H]1OC(C)=O. The summed E-state index contributed by atoms with van der Waals surface area (Å²) in [7, 11) is 0. The summed E-state index contributed by atoms with van der Waals surface area (Å²) in [6.45, 7) is 16.6. The molecule has 4 saturated heterocycles. The first-order valence-corrected chi connectivity index (χ1v) is 49.4. The summed E-state index contributed by atoms with van der Waals surface area (Å²) in [5, 5.41) is 0. The summed E-state index contributed by atoms with van der Waals surface area (Å²) in [5.41, 5.74) is 0.962. The number of fused-ring (bicyclic) bond motifs is 8. The highest BCUT2D eigenvalue weighted by Crippen LogP contribution is 2.44. The lowest BCUT2D eigenvalue weighted by Crippen LogP contribution is -2.61. The molecule has 0 N–H and O–H groups in total. The lowest BCUT2D eigenvalue weighted by molar-refractivity contribution is -0.237. The van der Waals surface area contributed by atoms with Crippen LogP contribution in [0.2, 0.25) is 0 Å². The molecule has 140 heavy (non-hydrogen) atoms. The maximum atomic E-state index is 12.9. The largest absolute Gasteiger partial charge is 0.493 e.